The number of carbonyl (C=O) groups excluding carboxylic acids is 2. The predicted octanol–water partition coefficient (Wildman–Crippen LogP) is 3.63. The summed E-state index contributed by atoms with van der Waals surface area (Å²) in [4.78, 5) is 28.3. The number of rotatable bonds is 6. The fourth-order valence-corrected chi connectivity index (χ4v) is 2.33. The standard InChI is InChI=1S/C21H19N3O3/c1-15(23-21(26)16-5-3-2-4-6-16)20(25)24-17-7-9-18(10-8-17)27-19-11-13-22-14-12-19/h2-15H,1H3,(H,23,26)(H,24,25). The third kappa shape index (κ3) is 5.15. The molecule has 2 aromatic carbocycles. The Morgan fingerprint density at radius 2 is 1.52 bits per heavy atom. The van der Waals surface area contributed by atoms with Gasteiger partial charge in [0.2, 0.25) is 5.91 Å². The summed E-state index contributed by atoms with van der Waals surface area (Å²) in [6, 6.07) is 18.6. The summed E-state index contributed by atoms with van der Waals surface area (Å²) in [5.41, 5.74) is 1.12. The third-order valence-electron chi connectivity index (χ3n) is 3.78. The molecule has 1 heterocycles. The zero-order valence-corrected chi connectivity index (χ0v) is 14.8. The average Bonchev–Trinajstić information content (AvgIpc) is 2.71. The molecule has 0 radical (unpaired) electrons. The number of nitrogens with one attached hydrogen (secondary N) is 2. The molecule has 0 bridgehead atoms. The Bertz CT molecular complexity index is 897. The quantitative estimate of drug-likeness (QED) is 0.703. The molecule has 27 heavy (non-hydrogen) atoms. The van der Waals surface area contributed by atoms with Crippen LogP contribution in [0, 0.1) is 0 Å². The van der Waals surface area contributed by atoms with E-state index in [4.69, 9.17) is 4.74 Å². The smallest absolute Gasteiger partial charge is 0.251 e. The van der Waals surface area contributed by atoms with Crippen LogP contribution in [0.5, 0.6) is 11.5 Å². The molecule has 136 valence electrons. The first-order chi connectivity index (χ1) is 13.1. The minimum absolute atomic E-state index is 0.292. The van der Waals surface area contributed by atoms with Crippen LogP contribution in [0.2, 0.25) is 0 Å². The van der Waals surface area contributed by atoms with Crippen molar-refractivity contribution < 1.29 is 14.3 Å². The van der Waals surface area contributed by atoms with Crippen molar-refractivity contribution in [3.63, 3.8) is 0 Å². The van der Waals surface area contributed by atoms with Crippen molar-refractivity contribution in [3.05, 3.63) is 84.7 Å². The number of anilines is 1. The van der Waals surface area contributed by atoms with E-state index in [-0.39, 0.29) is 11.8 Å². The van der Waals surface area contributed by atoms with Crippen molar-refractivity contribution in [2.24, 2.45) is 0 Å². The van der Waals surface area contributed by atoms with Crippen LogP contribution in [-0.2, 0) is 4.79 Å². The minimum Gasteiger partial charge on any atom is -0.457 e. The first-order valence-corrected chi connectivity index (χ1v) is 8.46. The summed E-state index contributed by atoms with van der Waals surface area (Å²) in [6.07, 6.45) is 3.30. The summed E-state index contributed by atoms with van der Waals surface area (Å²) in [5, 5.41) is 5.45. The normalized spacial score (nSPS) is 11.3. The van der Waals surface area contributed by atoms with Crippen LogP contribution in [0.15, 0.2) is 79.1 Å². The summed E-state index contributed by atoms with van der Waals surface area (Å²) < 4.78 is 5.68. The van der Waals surface area contributed by atoms with Gasteiger partial charge in [0.25, 0.3) is 5.91 Å². The van der Waals surface area contributed by atoms with Crippen molar-refractivity contribution in [1.29, 1.82) is 0 Å². The summed E-state index contributed by atoms with van der Waals surface area (Å²) >= 11 is 0. The molecule has 0 saturated heterocycles. The van der Waals surface area contributed by atoms with Crippen LogP contribution in [0.25, 0.3) is 0 Å². The lowest BCUT2D eigenvalue weighted by Gasteiger charge is -2.14. The molecule has 1 aromatic heterocycles. The highest BCUT2D eigenvalue weighted by Crippen LogP contribution is 2.22. The second-order valence-corrected chi connectivity index (χ2v) is 5.86. The maximum atomic E-state index is 12.3. The number of hydrogen-bond acceptors (Lipinski definition) is 4. The van der Waals surface area contributed by atoms with Gasteiger partial charge in [-0.2, -0.15) is 0 Å². The van der Waals surface area contributed by atoms with E-state index in [1.54, 1.807) is 80.0 Å². The van der Waals surface area contributed by atoms with E-state index in [0.717, 1.165) is 0 Å². The Morgan fingerprint density at radius 3 is 2.19 bits per heavy atom. The molecular formula is C21H19N3O3. The first kappa shape index (κ1) is 18.1. The van der Waals surface area contributed by atoms with Gasteiger partial charge in [-0.05, 0) is 55.5 Å². The third-order valence-corrected chi connectivity index (χ3v) is 3.78. The van der Waals surface area contributed by atoms with Crippen molar-refractivity contribution in [3.8, 4) is 11.5 Å². The average molecular weight is 361 g/mol. The summed E-state index contributed by atoms with van der Waals surface area (Å²) in [5.74, 6) is 0.727. The number of pyridine rings is 1. The Kier molecular flexibility index (Phi) is 5.79. The lowest BCUT2D eigenvalue weighted by Crippen LogP contribution is -2.41. The second kappa shape index (κ2) is 8.62. The molecule has 0 fully saturated rings. The van der Waals surface area contributed by atoms with E-state index in [2.05, 4.69) is 15.6 Å². The van der Waals surface area contributed by atoms with Crippen LogP contribution in [0.3, 0.4) is 0 Å². The lowest BCUT2D eigenvalue weighted by molar-refractivity contribution is -0.117. The number of carbonyl (C=O) groups is 2. The van der Waals surface area contributed by atoms with Gasteiger partial charge >= 0.3 is 0 Å². The largest absolute Gasteiger partial charge is 0.457 e. The Hall–Kier alpha value is -3.67. The first-order valence-electron chi connectivity index (χ1n) is 8.46. The highest BCUT2D eigenvalue weighted by Gasteiger charge is 2.16. The van der Waals surface area contributed by atoms with Crippen molar-refractivity contribution in [1.82, 2.24) is 10.3 Å². The van der Waals surface area contributed by atoms with Crippen LogP contribution in [0.1, 0.15) is 17.3 Å². The zero-order valence-electron chi connectivity index (χ0n) is 14.8. The fourth-order valence-electron chi connectivity index (χ4n) is 2.33. The molecule has 0 aliphatic heterocycles. The zero-order chi connectivity index (χ0) is 19.1. The monoisotopic (exact) mass is 361 g/mol. The molecule has 2 amide bonds. The molecule has 0 aliphatic carbocycles. The number of benzene rings is 2. The van der Waals surface area contributed by atoms with Crippen LogP contribution >= 0.6 is 0 Å². The molecule has 1 atom stereocenters. The number of hydrogen-bond donors (Lipinski definition) is 2. The molecule has 6 heteroatoms. The molecule has 1 unspecified atom stereocenters. The van der Waals surface area contributed by atoms with Gasteiger partial charge in [-0.1, -0.05) is 18.2 Å². The van der Waals surface area contributed by atoms with E-state index in [1.807, 2.05) is 6.07 Å². The van der Waals surface area contributed by atoms with Crippen LogP contribution in [0.4, 0.5) is 5.69 Å². The van der Waals surface area contributed by atoms with Crippen molar-refractivity contribution in [2.45, 2.75) is 13.0 Å². The summed E-state index contributed by atoms with van der Waals surface area (Å²) in [7, 11) is 0. The molecule has 0 spiro atoms. The van der Waals surface area contributed by atoms with Gasteiger partial charge < -0.3 is 15.4 Å². The SMILES string of the molecule is CC(NC(=O)c1ccccc1)C(=O)Nc1ccc(Oc2ccncc2)cc1. The van der Waals surface area contributed by atoms with Crippen LogP contribution in [-0.4, -0.2) is 22.8 Å². The molecule has 3 aromatic rings. The number of amides is 2. The van der Waals surface area contributed by atoms with Gasteiger partial charge in [-0.25, -0.2) is 0 Å². The molecule has 6 nitrogen and oxygen atoms in total. The minimum atomic E-state index is -0.676. The molecule has 0 aliphatic rings. The van der Waals surface area contributed by atoms with Gasteiger partial charge in [0.15, 0.2) is 0 Å². The lowest BCUT2D eigenvalue weighted by atomic mass is 10.2. The van der Waals surface area contributed by atoms with E-state index in [1.165, 1.54) is 0 Å². The van der Waals surface area contributed by atoms with E-state index in [9.17, 15) is 9.59 Å². The van der Waals surface area contributed by atoms with E-state index in [0.29, 0.717) is 22.7 Å². The van der Waals surface area contributed by atoms with E-state index < -0.39 is 6.04 Å². The molecule has 3 rings (SSSR count). The predicted molar refractivity (Wildman–Crippen MR) is 103 cm³/mol. The van der Waals surface area contributed by atoms with Crippen LogP contribution < -0.4 is 15.4 Å². The van der Waals surface area contributed by atoms with Gasteiger partial charge in [0.1, 0.15) is 17.5 Å². The Morgan fingerprint density at radius 1 is 0.889 bits per heavy atom. The maximum absolute atomic E-state index is 12.3. The number of aromatic nitrogens is 1. The number of nitrogens with zero attached hydrogens (tertiary/aromatic N) is 1. The van der Waals surface area contributed by atoms with E-state index >= 15 is 0 Å². The highest BCUT2D eigenvalue weighted by molar-refractivity contribution is 6.00. The van der Waals surface area contributed by atoms with Gasteiger partial charge in [-0.15, -0.1) is 0 Å². The Balaban J connectivity index is 1.55. The van der Waals surface area contributed by atoms with Gasteiger partial charge in [-0.3, -0.25) is 14.6 Å². The van der Waals surface area contributed by atoms with Crippen molar-refractivity contribution in [2.75, 3.05) is 5.32 Å². The van der Waals surface area contributed by atoms with Crippen molar-refractivity contribution >= 4 is 17.5 Å². The summed E-state index contributed by atoms with van der Waals surface area (Å²) in [6.45, 7) is 1.64. The topological polar surface area (TPSA) is 80.3 Å². The molecule has 0 saturated carbocycles. The van der Waals surface area contributed by atoms with Gasteiger partial charge in [0, 0.05) is 23.6 Å². The highest BCUT2D eigenvalue weighted by atomic mass is 16.5. The maximum Gasteiger partial charge on any atom is 0.251 e. The van der Waals surface area contributed by atoms with Gasteiger partial charge in [0.05, 0.1) is 0 Å². The number of ether oxygens (including phenoxy) is 1. The second-order valence-electron chi connectivity index (χ2n) is 5.86. The molecular weight excluding hydrogens is 342 g/mol. The fraction of sp³-hybridized carbons (Fsp3) is 0.0952. The molecule has 2 N–H and O–H groups in total. The Labute approximate surface area is 157 Å².